The molecule has 5 nitrogen and oxygen atoms in total. The van der Waals surface area contributed by atoms with Gasteiger partial charge in [-0.3, -0.25) is 4.57 Å². The van der Waals surface area contributed by atoms with Crippen molar-refractivity contribution in [3.05, 3.63) is 176 Å². The van der Waals surface area contributed by atoms with Gasteiger partial charge in [-0.05, 0) is 69.5 Å². The third kappa shape index (κ3) is 5.03. The molecule has 6 aromatic carbocycles. The Kier molecular flexibility index (Phi) is 7.16. The van der Waals surface area contributed by atoms with Crippen molar-refractivity contribution >= 4 is 44.6 Å². The highest BCUT2D eigenvalue weighted by molar-refractivity contribution is 6.09. The average molecular weight is 718 g/mol. The molecule has 0 aliphatic carbocycles. The zero-order chi connectivity index (χ0) is 37.7. The summed E-state index contributed by atoms with van der Waals surface area (Å²) in [6.45, 7) is 16.0. The van der Waals surface area contributed by atoms with E-state index < -0.39 is 0 Å². The van der Waals surface area contributed by atoms with E-state index in [2.05, 4.69) is 204 Å². The molecule has 8 aromatic rings. The minimum atomic E-state index is -0.00413. The van der Waals surface area contributed by atoms with Crippen LogP contribution in [-0.4, -0.2) is 9.55 Å². The summed E-state index contributed by atoms with van der Waals surface area (Å²) >= 11 is 0. The molecule has 0 bridgehead atoms. The summed E-state index contributed by atoms with van der Waals surface area (Å²) in [5.74, 6) is 2.47. The van der Waals surface area contributed by atoms with Crippen LogP contribution in [0.25, 0.3) is 38.8 Å². The average Bonchev–Trinajstić information content (AvgIpc) is 3.68. The number of pyridine rings is 1. The topological polar surface area (TPSA) is 27.1 Å². The van der Waals surface area contributed by atoms with Crippen LogP contribution < -0.4 is 13.9 Å². The molecule has 1 saturated heterocycles. The van der Waals surface area contributed by atoms with Crippen molar-refractivity contribution in [2.45, 2.75) is 52.4 Å². The van der Waals surface area contributed by atoms with Gasteiger partial charge >= 0.3 is 0 Å². The van der Waals surface area contributed by atoms with Crippen molar-refractivity contribution < 1.29 is 4.74 Å². The minimum Gasteiger partial charge on any atom is -0.457 e. The number of benzene rings is 6. The van der Waals surface area contributed by atoms with E-state index in [0.29, 0.717) is 9.18 Å². The van der Waals surface area contributed by atoms with Crippen LogP contribution in [0.5, 0.6) is 11.5 Å². The maximum absolute atomic E-state index is 6.96. The summed E-state index contributed by atoms with van der Waals surface area (Å²) in [6, 6.07) is 54.8. The number of fused-ring (bicyclic) bond motifs is 7. The second-order valence-electron chi connectivity index (χ2n) is 17.1. The summed E-state index contributed by atoms with van der Waals surface area (Å²) in [6.07, 6.45) is 1.93. The van der Waals surface area contributed by atoms with Gasteiger partial charge < -0.3 is 4.74 Å². The summed E-state index contributed by atoms with van der Waals surface area (Å²) in [7, 11) is 0. The molecule has 0 radical (unpaired) electrons. The first kappa shape index (κ1) is 33.6. The number of hydrogen-bond acceptors (Lipinski definition) is 2. The maximum Gasteiger partial charge on any atom is 0.225 e. The zero-order valence-corrected chi connectivity index (χ0v) is 32.3. The Morgan fingerprint density at radius 1 is 0.509 bits per heavy atom. The molecule has 5 heteroatoms. The van der Waals surface area contributed by atoms with Crippen LogP contribution in [0.2, 0.25) is 0 Å². The molecule has 1 unspecified atom stereocenters. The minimum absolute atomic E-state index is 0.00413. The Morgan fingerprint density at radius 2 is 1.18 bits per heavy atom. The third-order valence-electron chi connectivity index (χ3n) is 11.6. The zero-order valence-electron chi connectivity index (χ0n) is 32.3. The Labute approximate surface area is 323 Å². The van der Waals surface area contributed by atoms with Gasteiger partial charge in [0, 0.05) is 59.4 Å². The predicted octanol–water partition coefficient (Wildman–Crippen LogP) is 13.6. The SMILES string of the molecule is CC(C)(C)c1cccc([N@+]23[CH-][N+]2(c2cc(Oc4ccc5c6ccccc6n(-c6cc(C(C)(C)C)ccn6)c5c4)cc(-c4ccccc4)c2)c2ccccc23)c1. The van der Waals surface area contributed by atoms with Crippen LogP contribution in [0.1, 0.15) is 52.7 Å². The summed E-state index contributed by atoms with van der Waals surface area (Å²) in [5.41, 5.74) is 12.1. The van der Waals surface area contributed by atoms with E-state index in [1.165, 1.54) is 39.0 Å². The normalized spacial score (nSPS) is 18.8. The van der Waals surface area contributed by atoms with Crippen LogP contribution in [-0.2, 0) is 10.8 Å². The molecule has 1 fully saturated rings. The molecule has 270 valence electrons. The van der Waals surface area contributed by atoms with Gasteiger partial charge in [0.25, 0.3) is 0 Å². The molecule has 0 saturated carbocycles. The highest BCUT2D eigenvalue weighted by atomic mass is 16.5. The van der Waals surface area contributed by atoms with Gasteiger partial charge in [0.2, 0.25) is 11.4 Å². The molecular weight excluding hydrogens is 673 g/mol. The van der Waals surface area contributed by atoms with E-state index in [-0.39, 0.29) is 10.8 Å². The lowest BCUT2D eigenvalue weighted by molar-refractivity contribution is 0.423. The Morgan fingerprint density at radius 3 is 1.95 bits per heavy atom. The first-order chi connectivity index (χ1) is 26.5. The van der Waals surface area contributed by atoms with Crippen molar-refractivity contribution in [1.82, 2.24) is 18.7 Å². The lowest BCUT2D eigenvalue weighted by Gasteiger charge is -2.40. The molecule has 2 atom stereocenters. The van der Waals surface area contributed by atoms with Crippen LogP contribution in [0.4, 0.5) is 22.7 Å². The Balaban J connectivity index is 1.12. The van der Waals surface area contributed by atoms with Gasteiger partial charge in [-0.25, -0.2) is 4.98 Å². The molecular formula is C50H45N4O+. The molecule has 0 N–H and O–H groups in total. The van der Waals surface area contributed by atoms with Crippen molar-refractivity contribution in [1.29, 1.82) is 0 Å². The van der Waals surface area contributed by atoms with Crippen LogP contribution in [0.3, 0.4) is 0 Å². The fourth-order valence-electron chi connectivity index (χ4n) is 8.68. The largest absolute Gasteiger partial charge is 0.457 e. The van der Waals surface area contributed by atoms with Crippen LogP contribution in [0, 0.1) is 6.67 Å². The number of quaternary nitrogens is 2. The first-order valence-corrected chi connectivity index (χ1v) is 19.2. The number of para-hydroxylation sites is 3. The fraction of sp³-hybridized carbons (Fsp3) is 0.160. The van der Waals surface area contributed by atoms with Gasteiger partial charge in [0.15, 0.2) is 18.0 Å². The van der Waals surface area contributed by atoms with Gasteiger partial charge in [0.1, 0.15) is 17.3 Å². The second-order valence-corrected chi connectivity index (χ2v) is 17.1. The quantitative estimate of drug-likeness (QED) is 0.0973. The van der Waals surface area contributed by atoms with Crippen LogP contribution in [0.15, 0.2) is 158 Å². The molecule has 2 aliphatic heterocycles. The fourth-order valence-corrected chi connectivity index (χ4v) is 8.68. The Bertz CT molecular complexity index is 2810. The molecule has 55 heavy (non-hydrogen) atoms. The summed E-state index contributed by atoms with van der Waals surface area (Å²) < 4.78 is 10.5. The van der Waals surface area contributed by atoms with Crippen molar-refractivity contribution in [2.24, 2.45) is 0 Å². The number of hydrogen-bond donors (Lipinski definition) is 0. The van der Waals surface area contributed by atoms with E-state index in [1.54, 1.807) is 0 Å². The van der Waals surface area contributed by atoms with E-state index in [0.717, 1.165) is 45.2 Å². The standard InChI is InChI=1S/C50H45N4O/c1-49(2,3)36-17-14-18-38(29-36)53-33-54(53,47-22-13-12-21-46(47)53)39-27-35(34-15-8-7-9-16-34)28-41(31-39)55-40-23-24-43-42-19-10-11-20-44(42)52(45(43)32-40)48-30-37(25-26-51-48)50(4,5)6/h7-33H,1-6H3/q+1/t53-,54?/m0/s1. The maximum atomic E-state index is 6.96. The number of ether oxygens (including phenoxy) is 1. The molecule has 4 heterocycles. The van der Waals surface area contributed by atoms with E-state index in [1.807, 2.05) is 6.20 Å². The third-order valence-corrected chi connectivity index (χ3v) is 11.6. The molecule has 0 spiro atoms. The molecule has 2 aliphatic rings. The van der Waals surface area contributed by atoms with E-state index in [9.17, 15) is 0 Å². The number of aromatic nitrogens is 2. The molecule has 0 amide bonds. The monoisotopic (exact) mass is 717 g/mol. The van der Waals surface area contributed by atoms with Gasteiger partial charge in [0.05, 0.1) is 11.0 Å². The van der Waals surface area contributed by atoms with E-state index in [4.69, 9.17) is 9.72 Å². The Hall–Kier alpha value is -6.01. The molecule has 10 rings (SSSR count). The highest BCUT2D eigenvalue weighted by Gasteiger charge is 2.78. The number of nitrogens with zero attached hydrogens (tertiary/aromatic N) is 4. The first-order valence-electron chi connectivity index (χ1n) is 19.2. The smallest absolute Gasteiger partial charge is 0.225 e. The number of rotatable bonds is 6. The van der Waals surface area contributed by atoms with Crippen molar-refractivity contribution in [2.75, 3.05) is 0 Å². The van der Waals surface area contributed by atoms with Gasteiger partial charge in [-0.1, -0.05) is 114 Å². The van der Waals surface area contributed by atoms with Crippen molar-refractivity contribution in [3.8, 4) is 28.4 Å². The van der Waals surface area contributed by atoms with Gasteiger partial charge in [-0.2, -0.15) is 9.18 Å². The lowest BCUT2D eigenvalue weighted by Crippen LogP contribution is -2.46. The molecule has 2 aromatic heterocycles. The van der Waals surface area contributed by atoms with Crippen LogP contribution >= 0.6 is 0 Å². The van der Waals surface area contributed by atoms with Gasteiger partial charge in [-0.15, -0.1) is 0 Å². The summed E-state index contributed by atoms with van der Waals surface area (Å²) in [4.78, 5) is 4.90. The highest BCUT2D eigenvalue weighted by Crippen LogP contribution is 2.75. The summed E-state index contributed by atoms with van der Waals surface area (Å²) in [5, 5.41) is 2.35. The van der Waals surface area contributed by atoms with Crippen molar-refractivity contribution in [3.63, 3.8) is 0 Å². The predicted molar refractivity (Wildman–Crippen MR) is 228 cm³/mol. The van der Waals surface area contributed by atoms with E-state index >= 15 is 0 Å². The second kappa shape index (κ2) is 11.7. The lowest BCUT2D eigenvalue weighted by atomic mass is 9.87.